The first-order chi connectivity index (χ1) is 21.7. The van der Waals surface area contributed by atoms with Gasteiger partial charge in [-0.25, -0.2) is 0 Å². The summed E-state index contributed by atoms with van der Waals surface area (Å²) in [6.07, 6.45) is 4.04. The standard InChI is InChI=1S/C36H56O10/c1-18-32(41)27(38)16-31(43-18)46-33-19(2)44-30(17-28(33)39)45-23-9-11-34(3)21(14-23)6-8-25-26(34)15-29(40)35(4)24(10-12-36(25,35)42)20-5-7-22(37)13-20/h13,18-19,21,23-33,38-42H,5-12,14-17H2,1-4H3/t18?,19?,21-,23+,24-,25-,26+,27-,28-,29-,30+,31+,32?,33?,34+,35+,36+/m1/s1. The third kappa shape index (κ3) is 5.28. The molecule has 7 rings (SSSR count). The minimum Gasteiger partial charge on any atom is -0.392 e. The molecule has 4 unspecified atom stereocenters. The Bertz CT molecular complexity index is 1170. The average molecular weight is 649 g/mol. The van der Waals surface area contributed by atoms with Crippen molar-refractivity contribution in [3.05, 3.63) is 11.6 Å². The Hall–Kier alpha value is -0.950. The summed E-state index contributed by atoms with van der Waals surface area (Å²) in [6.45, 7) is 8.01. The van der Waals surface area contributed by atoms with Gasteiger partial charge in [-0.3, -0.25) is 4.79 Å². The van der Waals surface area contributed by atoms with Gasteiger partial charge in [-0.15, -0.1) is 0 Å². The second-order valence-electron chi connectivity index (χ2n) is 16.5. The summed E-state index contributed by atoms with van der Waals surface area (Å²) in [5.74, 6) is 1.01. The third-order valence-corrected chi connectivity index (χ3v) is 14.3. The maximum absolute atomic E-state index is 12.5. The number of fused-ring (bicyclic) bond motifs is 5. The van der Waals surface area contributed by atoms with E-state index in [0.29, 0.717) is 25.2 Å². The predicted molar refractivity (Wildman–Crippen MR) is 166 cm³/mol. The number of carbonyl (C=O) groups is 1. The van der Waals surface area contributed by atoms with Crippen molar-refractivity contribution < 1.29 is 49.3 Å². The molecule has 0 radical (unpaired) electrons. The van der Waals surface area contributed by atoms with E-state index < -0.39 is 66.3 Å². The molecular weight excluding hydrogens is 592 g/mol. The molecule has 0 aromatic carbocycles. The van der Waals surface area contributed by atoms with Gasteiger partial charge in [0.1, 0.15) is 12.2 Å². The van der Waals surface area contributed by atoms with Crippen molar-refractivity contribution in [3.63, 3.8) is 0 Å². The molecule has 10 heteroatoms. The zero-order valence-electron chi connectivity index (χ0n) is 27.9. The monoisotopic (exact) mass is 648 g/mol. The largest absolute Gasteiger partial charge is 0.392 e. The van der Waals surface area contributed by atoms with Gasteiger partial charge in [0.25, 0.3) is 0 Å². The van der Waals surface area contributed by atoms with E-state index in [1.165, 1.54) is 0 Å². The normalized spacial score (nSPS) is 55.8. The molecule has 2 saturated heterocycles. The molecule has 260 valence electrons. The van der Waals surface area contributed by atoms with Crippen LogP contribution in [0.3, 0.4) is 0 Å². The van der Waals surface area contributed by atoms with E-state index in [4.69, 9.17) is 18.9 Å². The summed E-state index contributed by atoms with van der Waals surface area (Å²) in [5, 5.41) is 55.5. The van der Waals surface area contributed by atoms with Gasteiger partial charge in [-0.1, -0.05) is 19.4 Å². The zero-order chi connectivity index (χ0) is 32.8. The van der Waals surface area contributed by atoms with Crippen molar-refractivity contribution in [3.8, 4) is 0 Å². The van der Waals surface area contributed by atoms with Crippen LogP contribution in [0.5, 0.6) is 0 Å². The molecule has 5 N–H and O–H groups in total. The fourth-order valence-electron chi connectivity index (χ4n) is 11.6. The summed E-state index contributed by atoms with van der Waals surface area (Å²) in [7, 11) is 0. The molecule has 0 spiro atoms. The Balaban J connectivity index is 0.976. The number of aliphatic hydroxyl groups excluding tert-OH is 4. The Morgan fingerprint density at radius 2 is 1.52 bits per heavy atom. The van der Waals surface area contributed by atoms with Gasteiger partial charge >= 0.3 is 0 Å². The zero-order valence-corrected chi connectivity index (χ0v) is 27.9. The molecule has 2 aliphatic heterocycles. The fourth-order valence-corrected chi connectivity index (χ4v) is 11.6. The molecule has 0 amide bonds. The van der Waals surface area contributed by atoms with Crippen LogP contribution in [0.2, 0.25) is 0 Å². The van der Waals surface area contributed by atoms with Crippen LogP contribution in [0.1, 0.15) is 105 Å². The first-order valence-corrected chi connectivity index (χ1v) is 18.0. The second-order valence-corrected chi connectivity index (χ2v) is 16.5. The summed E-state index contributed by atoms with van der Waals surface area (Å²) < 4.78 is 24.5. The van der Waals surface area contributed by atoms with Gasteiger partial charge in [-0.05, 0) is 107 Å². The molecule has 46 heavy (non-hydrogen) atoms. The molecule has 6 fully saturated rings. The van der Waals surface area contributed by atoms with Crippen LogP contribution in [0.4, 0.5) is 0 Å². The Morgan fingerprint density at radius 1 is 0.804 bits per heavy atom. The Labute approximate surface area is 272 Å². The van der Waals surface area contributed by atoms with Gasteiger partial charge in [0.2, 0.25) is 0 Å². The number of rotatable bonds is 5. The maximum atomic E-state index is 12.5. The van der Waals surface area contributed by atoms with E-state index in [0.717, 1.165) is 50.5 Å². The Kier molecular flexibility index (Phi) is 8.84. The number of hydrogen-bond acceptors (Lipinski definition) is 10. The summed E-state index contributed by atoms with van der Waals surface area (Å²) in [6, 6.07) is 0. The van der Waals surface area contributed by atoms with Gasteiger partial charge in [0.15, 0.2) is 18.4 Å². The highest BCUT2D eigenvalue weighted by Crippen LogP contribution is 2.70. The lowest BCUT2D eigenvalue weighted by atomic mass is 9.42. The first kappa shape index (κ1) is 33.5. The van der Waals surface area contributed by atoms with Crippen molar-refractivity contribution in [2.24, 2.45) is 34.5 Å². The van der Waals surface area contributed by atoms with Crippen molar-refractivity contribution >= 4 is 5.78 Å². The summed E-state index contributed by atoms with van der Waals surface area (Å²) in [4.78, 5) is 12.1. The van der Waals surface area contributed by atoms with Crippen molar-refractivity contribution in [2.75, 3.05) is 0 Å². The van der Waals surface area contributed by atoms with E-state index in [1.54, 1.807) is 13.0 Å². The van der Waals surface area contributed by atoms with Gasteiger partial charge in [0.05, 0.1) is 42.2 Å². The summed E-state index contributed by atoms with van der Waals surface area (Å²) in [5.41, 5.74) is -0.437. The molecule has 5 aliphatic carbocycles. The van der Waals surface area contributed by atoms with Gasteiger partial charge in [0, 0.05) is 24.7 Å². The van der Waals surface area contributed by atoms with E-state index in [-0.39, 0.29) is 47.9 Å². The number of ether oxygens (including phenoxy) is 4. The van der Waals surface area contributed by atoms with Crippen LogP contribution in [0, 0.1) is 34.5 Å². The number of hydrogen-bond donors (Lipinski definition) is 5. The molecule has 0 bridgehead atoms. The summed E-state index contributed by atoms with van der Waals surface area (Å²) >= 11 is 0. The van der Waals surface area contributed by atoms with E-state index >= 15 is 0 Å². The lowest BCUT2D eigenvalue weighted by molar-refractivity contribution is -0.318. The minimum absolute atomic E-state index is 0.000207. The molecule has 2 heterocycles. The van der Waals surface area contributed by atoms with Gasteiger partial charge < -0.3 is 44.5 Å². The topological polar surface area (TPSA) is 155 Å². The highest BCUT2D eigenvalue weighted by molar-refractivity contribution is 5.93. The number of allylic oxidation sites excluding steroid dienone is 2. The number of ketones is 1. The molecule has 0 aromatic rings. The molecule has 17 atom stereocenters. The fraction of sp³-hybridized carbons (Fsp3) is 0.917. The van der Waals surface area contributed by atoms with Crippen molar-refractivity contribution in [1.82, 2.24) is 0 Å². The van der Waals surface area contributed by atoms with E-state index in [1.807, 2.05) is 6.92 Å². The van der Waals surface area contributed by atoms with Crippen LogP contribution in [-0.4, -0.2) is 98.3 Å². The third-order valence-electron chi connectivity index (χ3n) is 14.3. The molecule has 10 nitrogen and oxygen atoms in total. The van der Waals surface area contributed by atoms with E-state index in [9.17, 15) is 30.3 Å². The van der Waals surface area contributed by atoms with Gasteiger partial charge in [-0.2, -0.15) is 0 Å². The van der Waals surface area contributed by atoms with Crippen LogP contribution >= 0.6 is 0 Å². The molecular formula is C36H56O10. The van der Waals surface area contributed by atoms with Crippen molar-refractivity contribution in [1.29, 1.82) is 0 Å². The second kappa shape index (κ2) is 12.1. The minimum atomic E-state index is -0.967. The SMILES string of the molecule is CC1O[C@@H](OC2C(C)O[C@@H](O[C@H]3CC[C@@]4(C)[C@H](CC[C@@H]5[C@@H]4C[C@@H](O)[C@]4(C)[C@@H](C6=CC(=O)CC6)CC[C@]54O)C3)C[C@H]2O)C[C@@H](O)C1O. The molecule has 7 aliphatic rings. The number of carbonyl (C=O) groups excluding carboxylic acids is 1. The smallest absolute Gasteiger partial charge is 0.161 e. The van der Waals surface area contributed by atoms with Crippen LogP contribution in [0.15, 0.2) is 11.6 Å². The molecule has 4 saturated carbocycles. The highest BCUT2D eigenvalue weighted by atomic mass is 16.7. The van der Waals surface area contributed by atoms with E-state index in [2.05, 4.69) is 13.8 Å². The highest BCUT2D eigenvalue weighted by Gasteiger charge is 2.70. The Morgan fingerprint density at radius 3 is 2.22 bits per heavy atom. The molecule has 0 aromatic heterocycles. The lowest BCUT2D eigenvalue weighted by Crippen LogP contribution is -2.67. The number of aliphatic hydroxyl groups is 5. The van der Waals surface area contributed by atoms with Crippen LogP contribution < -0.4 is 0 Å². The quantitative estimate of drug-likeness (QED) is 0.281. The van der Waals surface area contributed by atoms with Crippen LogP contribution in [-0.2, 0) is 23.7 Å². The average Bonchev–Trinajstić information content (AvgIpc) is 3.55. The predicted octanol–water partition coefficient (Wildman–Crippen LogP) is 3.14. The first-order valence-electron chi connectivity index (χ1n) is 18.0. The van der Waals surface area contributed by atoms with Crippen LogP contribution in [0.25, 0.3) is 0 Å². The lowest BCUT2D eigenvalue weighted by Gasteiger charge is -2.65. The van der Waals surface area contributed by atoms with Crippen molar-refractivity contribution in [2.45, 2.75) is 172 Å². The maximum Gasteiger partial charge on any atom is 0.161 e.